The largest absolute Gasteiger partial charge is 0.497 e. The quantitative estimate of drug-likeness (QED) is 0.157. The van der Waals surface area contributed by atoms with Crippen molar-refractivity contribution in [3.63, 3.8) is 0 Å². The first-order chi connectivity index (χ1) is 21.5. The van der Waals surface area contributed by atoms with Crippen LogP contribution >= 0.6 is 15.9 Å². The maximum absolute atomic E-state index is 13.3. The first-order valence-electron chi connectivity index (χ1n) is 14.0. The summed E-state index contributed by atoms with van der Waals surface area (Å²) in [5.74, 6) is 3.45. The van der Waals surface area contributed by atoms with Gasteiger partial charge in [-0.25, -0.2) is 4.79 Å². The van der Waals surface area contributed by atoms with Gasteiger partial charge in [-0.1, -0.05) is 46.3 Å². The molecule has 0 aliphatic carbocycles. The molecule has 2 heterocycles. The molecule has 5 aromatic rings. The maximum Gasteiger partial charge on any atom is 0.340 e. The Morgan fingerprint density at radius 3 is 1.59 bits per heavy atom. The molecule has 2 aliphatic rings. The second-order valence-corrected chi connectivity index (χ2v) is 11.4. The van der Waals surface area contributed by atoms with Gasteiger partial charge in [0, 0.05) is 33.3 Å². The fourth-order valence-corrected chi connectivity index (χ4v) is 5.98. The van der Waals surface area contributed by atoms with E-state index in [-0.39, 0.29) is 0 Å². The van der Waals surface area contributed by atoms with E-state index in [1.807, 2.05) is 97.1 Å². The molecule has 5 aromatic carbocycles. The number of rotatable bonds is 8. The minimum absolute atomic E-state index is 0.361. The molecule has 44 heavy (non-hydrogen) atoms. The first kappa shape index (κ1) is 27.9. The number of esters is 1. The van der Waals surface area contributed by atoms with Gasteiger partial charge in [0.15, 0.2) is 5.60 Å². The van der Waals surface area contributed by atoms with Crippen molar-refractivity contribution in [3.05, 3.63) is 141 Å². The Labute approximate surface area is 263 Å². The fourth-order valence-electron chi connectivity index (χ4n) is 5.62. The molecule has 0 saturated carbocycles. The first-order valence-corrected chi connectivity index (χ1v) is 14.8. The molecular formula is C36H27BrO7. The van der Waals surface area contributed by atoms with Crippen molar-refractivity contribution in [2.45, 2.75) is 18.8 Å². The highest BCUT2D eigenvalue weighted by Gasteiger charge is 2.53. The second-order valence-electron chi connectivity index (χ2n) is 10.5. The molecule has 0 fully saturated rings. The molecule has 0 radical (unpaired) electrons. The van der Waals surface area contributed by atoms with Crippen LogP contribution in [0.3, 0.4) is 0 Å². The molecule has 1 spiro atoms. The third-order valence-corrected chi connectivity index (χ3v) is 8.33. The van der Waals surface area contributed by atoms with Crippen molar-refractivity contribution in [1.29, 1.82) is 0 Å². The van der Waals surface area contributed by atoms with E-state index >= 15 is 0 Å². The van der Waals surface area contributed by atoms with Crippen LogP contribution in [0.1, 0.15) is 38.2 Å². The van der Waals surface area contributed by atoms with Gasteiger partial charge in [-0.2, -0.15) is 0 Å². The molecule has 220 valence electrons. The van der Waals surface area contributed by atoms with E-state index in [0.717, 1.165) is 32.7 Å². The monoisotopic (exact) mass is 650 g/mol. The van der Waals surface area contributed by atoms with Crippen molar-refractivity contribution in [2.75, 3.05) is 14.2 Å². The lowest BCUT2D eigenvalue weighted by Gasteiger charge is -2.36. The molecule has 0 bridgehead atoms. The summed E-state index contributed by atoms with van der Waals surface area (Å²) < 4.78 is 36.4. The average molecular weight is 652 g/mol. The minimum Gasteiger partial charge on any atom is -0.497 e. The number of ether oxygens (including phenoxy) is 6. The summed E-state index contributed by atoms with van der Waals surface area (Å²) in [5.41, 5.74) is 3.46. The Bertz CT molecular complexity index is 1760. The molecule has 7 rings (SSSR count). The zero-order valence-corrected chi connectivity index (χ0v) is 25.6. The number of hydrogen-bond donors (Lipinski definition) is 0. The van der Waals surface area contributed by atoms with E-state index in [1.165, 1.54) is 0 Å². The van der Waals surface area contributed by atoms with Gasteiger partial charge in [0.2, 0.25) is 0 Å². The molecule has 0 aromatic heterocycles. The Hall–Kier alpha value is -4.95. The molecule has 0 amide bonds. The number of halogens is 1. The standard InChI is InChI=1S/C36H27BrO7/c1-39-25-8-3-22(4-9-25)20-41-27-12-15-31-33(18-27)43-34-19-28(42-21-23-5-10-26(40-2)11-6-23)13-16-32(34)36(31)30-14-7-24(37)17-29(30)35(38)44-36/h3-19H,20-21H2,1-2H3. The third kappa shape index (κ3) is 4.91. The topological polar surface area (TPSA) is 72.5 Å². The van der Waals surface area contributed by atoms with Gasteiger partial charge < -0.3 is 28.4 Å². The zero-order chi connectivity index (χ0) is 30.3. The Balaban J connectivity index is 1.24. The van der Waals surface area contributed by atoms with Crippen molar-refractivity contribution < 1.29 is 33.2 Å². The van der Waals surface area contributed by atoms with E-state index in [4.69, 9.17) is 28.4 Å². The van der Waals surface area contributed by atoms with Crippen molar-refractivity contribution in [1.82, 2.24) is 0 Å². The van der Waals surface area contributed by atoms with Crippen LogP contribution in [0.2, 0.25) is 0 Å². The van der Waals surface area contributed by atoms with Crippen molar-refractivity contribution >= 4 is 21.9 Å². The maximum atomic E-state index is 13.3. The van der Waals surface area contributed by atoms with Gasteiger partial charge in [0.05, 0.1) is 19.8 Å². The molecule has 7 nitrogen and oxygen atoms in total. The summed E-state index contributed by atoms with van der Waals surface area (Å²) in [6.07, 6.45) is 0. The number of carbonyl (C=O) groups excluding carboxylic acids is 1. The molecule has 0 unspecified atom stereocenters. The highest BCUT2D eigenvalue weighted by atomic mass is 79.9. The number of carbonyl (C=O) groups is 1. The van der Waals surface area contributed by atoms with E-state index in [2.05, 4.69) is 15.9 Å². The third-order valence-electron chi connectivity index (χ3n) is 7.84. The van der Waals surface area contributed by atoms with E-state index in [0.29, 0.717) is 52.9 Å². The molecule has 2 aliphatic heterocycles. The molecule has 0 N–H and O–H groups in total. The second kappa shape index (κ2) is 11.3. The predicted octanol–water partition coefficient (Wildman–Crippen LogP) is 8.19. The van der Waals surface area contributed by atoms with Crippen LogP contribution in [-0.4, -0.2) is 20.2 Å². The highest BCUT2D eigenvalue weighted by molar-refractivity contribution is 9.10. The number of methoxy groups -OCH3 is 2. The van der Waals surface area contributed by atoms with Gasteiger partial charge in [0.25, 0.3) is 0 Å². The van der Waals surface area contributed by atoms with Crippen LogP contribution < -0.4 is 23.7 Å². The predicted molar refractivity (Wildman–Crippen MR) is 167 cm³/mol. The summed E-state index contributed by atoms with van der Waals surface area (Å²) >= 11 is 3.50. The number of hydrogen-bond acceptors (Lipinski definition) is 7. The summed E-state index contributed by atoms with van der Waals surface area (Å²) in [6, 6.07) is 32.3. The zero-order valence-electron chi connectivity index (χ0n) is 24.0. The van der Waals surface area contributed by atoms with Gasteiger partial charge in [0.1, 0.15) is 47.7 Å². The highest BCUT2D eigenvalue weighted by Crippen LogP contribution is 2.57. The van der Waals surface area contributed by atoms with E-state index < -0.39 is 11.6 Å². The molecule has 8 heteroatoms. The lowest BCUT2D eigenvalue weighted by atomic mass is 9.77. The Morgan fingerprint density at radius 1 is 0.614 bits per heavy atom. The van der Waals surface area contributed by atoms with Crippen LogP contribution in [0, 0.1) is 0 Å². The summed E-state index contributed by atoms with van der Waals surface area (Å²) in [7, 11) is 3.27. The Morgan fingerprint density at radius 2 is 1.09 bits per heavy atom. The van der Waals surface area contributed by atoms with Crippen LogP contribution in [0.15, 0.2) is 108 Å². The van der Waals surface area contributed by atoms with Crippen LogP contribution in [0.5, 0.6) is 34.5 Å². The van der Waals surface area contributed by atoms with Gasteiger partial charge in [-0.15, -0.1) is 0 Å². The van der Waals surface area contributed by atoms with Gasteiger partial charge in [-0.05, 0) is 71.8 Å². The Kier molecular flexibility index (Phi) is 7.14. The van der Waals surface area contributed by atoms with Crippen molar-refractivity contribution in [2.24, 2.45) is 0 Å². The van der Waals surface area contributed by atoms with Crippen LogP contribution in [0.25, 0.3) is 0 Å². The summed E-state index contributed by atoms with van der Waals surface area (Å²) in [4.78, 5) is 13.3. The lowest BCUT2D eigenvalue weighted by molar-refractivity contribution is 0.0224. The molecular weight excluding hydrogens is 624 g/mol. The number of fused-ring (bicyclic) bond motifs is 6. The van der Waals surface area contributed by atoms with E-state index in [9.17, 15) is 4.79 Å². The van der Waals surface area contributed by atoms with Crippen LogP contribution in [-0.2, 0) is 23.6 Å². The van der Waals surface area contributed by atoms with Gasteiger partial charge >= 0.3 is 5.97 Å². The summed E-state index contributed by atoms with van der Waals surface area (Å²) in [5, 5.41) is 0. The SMILES string of the molecule is COc1ccc(COc2ccc3c(c2)Oc2cc(OCc4ccc(OC)cc4)ccc2C32OC(=O)c3cc(Br)ccc32)cc1. The van der Waals surface area contributed by atoms with Crippen molar-refractivity contribution in [3.8, 4) is 34.5 Å². The van der Waals surface area contributed by atoms with Crippen LogP contribution in [0.4, 0.5) is 0 Å². The molecule has 0 atom stereocenters. The normalized spacial score (nSPS) is 13.7. The smallest absolute Gasteiger partial charge is 0.340 e. The minimum atomic E-state index is -1.20. The molecule has 0 saturated heterocycles. The fraction of sp³-hybridized carbons (Fsp3) is 0.139. The number of benzene rings is 5. The van der Waals surface area contributed by atoms with E-state index in [1.54, 1.807) is 20.3 Å². The average Bonchev–Trinajstić information content (AvgIpc) is 3.34. The van der Waals surface area contributed by atoms with Gasteiger partial charge in [-0.3, -0.25) is 0 Å². The summed E-state index contributed by atoms with van der Waals surface area (Å²) in [6.45, 7) is 0.722. The lowest BCUT2D eigenvalue weighted by Crippen LogP contribution is -2.33.